The third-order valence-electron chi connectivity index (χ3n) is 2.49. The number of rotatable bonds is 1. The number of benzene rings is 1. The monoisotopic (exact) mass is 269 g/mol. The van der Waals surface area contributed by atoms with Crippen molar-refractivity contribution in [2.24, 2.45) is 0 Å². The van der Waals surface area contributed by atoms with E-state index in [-0.39, 0.29) is 17.7 Å². The van der Waals surface area contributed by atoms with Crippen LogP contribution in [0.15, 0.2) is 28.7 Å². The summed E-state index contributed by atoms with van der Waals surface area (Å²) in [7, 11) is 0. The van der Waals surface area contributed by atoms with Gasteiger partial charge in [-0.15, -0.1) is 0 Å². The average Bonchev–Trinajstić information content (AvgIpc) is 2.40. The summed E-state index contributed by atoms with van der Waals surface area (Å²) in [6.45, 7) is 3.89. The summed E-state index contributed by atoms with van der Waals surface area (Å²) in [6.07, 6.45) is -0.610. The molecular formula is C11H12BrNO2. The van der Waals surface area contributed by atoms with Crippen LogP contribution < -0.4 is 5.32 Å². The van der Waals surface area contributed by atoms with Gasteiger partial charge in [-0.25, -0.2) is 4.79 Å². The molecule has 0 aliphatic carbocycles. The Labute approximate surface area is 96.9 Å². The molecule has 4 heteroatoms. The third-order valence-corrected chi connectivity index (χ3v) is 3.21. The van der Waals surface area contributed by atoms with E-state index < -0.39 is 0 Å². The molecule has 1 unspecified atom stereocenters. The predicted octanol–water partition coefficient (Wildman–Crippen LogP) is 3.01. The first-order valence-corrected chi connectivity index (χ1v) is 5.53. The van der Waals surface area contributed by atoms with Gasteiger partial charge in [0, 0.05) is 10.0 Å². The Balaban J connectivity index is 2.40. The van der Waals surface area contributed by atoms with E-state index in [1.54, 1.807) is 0 Å². The predicted molar refractivity (Wildman–Crippen MR) is 60.6 cm³/mol. The highest BCUT2D eigenvalue weighted by molar-refractivity contribution is 9.10. The summed E-state index contributed by atoms with van der Waals surface area (Å²) in [6, 6.07) is 7.77. The molecule has 1 aromatic rings. The number of halogens is 1. The Kier molecular flexibility index (Phi) is 2.46. The smallest absolute Gasteiger partial charge is 0.408 e. The number of nitrogens with one attached hydrogen (secondary N) is 1. The molecule has 0 saturated carbocycles. The van der Waals surface area contributed by atoms with Gasteiger partial charge in [0.25, 0.3) is 0 Å². The maximum atomic E-state index is 11.2. The molecule has 0 aromatic heterocycles. The zero-order valence-electron chi connectivity index (χ0n) is 8.58. The highest BCUT2D eigenvalue weighted by atomic mass is 79.9. The van der Waals surface area contributed by atoms with Crippen LogP contribution in [0.25, 0.3) is 0 Å². The highest BCUT2D eigenvalue weighted by Crippen LogP contribution is 2.37. The lowest BCUT2D eigenvalue weighted by atomic mass is 9.92. The lowest BCUT2D eigenvalue weighted by molar-refractivity contribution is 0.117. The number of alkyl carbamates (subject to hydrolysis) is 1. The summed E-state index contributed by atoms with van der Waals surface area (Å²) >= 11 is 3.46. The van der Waals surface area contributed by atoms with E-state index in [2.05, 4.69) is 21.2 Å². The zero-order valence-corrected chi connectivity index (χ0v) is 10.2. The van der Waals surface area contributed by atoms with Crippen LogP contribution in [0.2, 0.25) is 0 Å². The van der Waals surface area contributed by atoms with Crippen molar-refractivity contribution < 1.29 is 9.53 Å². The summed E-state index contributed by atoms with van der Waals surface area (Å²) in [5, 5.41) is 2.79. The molecule has 0 spiro atoms. The number of ether oxygens (including phenoxy) is 1. The molecule has 1 aliphatic heterocycles. The van der Waals surface area contributed by atoms with Gasteiger partial charge in [0.05, 0.1) is 5.54 Å². The van der Waals surface area contributed by atoms with Crippen molar-refractivity contribution in [2.45, 2.75) is 25.5 Å². The molecule has 1 heterocycles. The van der Waals surface area contributed by atoms with Crippen molar-refractivity contribution in [3.63, 3.8) is 0 Å². The van der Waals surface area contributed by atoms with Gasteiger partial charge < -0.3 is 10.1 Å². The van der Waals surface area contributed by atoms with Gasteiger partial charge in [-0.3, -0.25) is 0 Å². The van der Waals surface area contributed by atoms with Gasteiger partial charge in [0.1, 0.15) is 0 Å². The van der Waals surface area contributed by atoms with Gasteiger partial charge in [-0.05, 0) is 19.9 Å². The van der Waals surface area contributed by atoms with Gasteiger partial charge in [0.2, 0.25) is 0 Å². The topological polar surface area (TPSA) is 38.3 Å². The fourth-order valence-corrected chi connectivity index (χ4v) is 2.25. The normalized spacial score (nSPS) is 23.4. The molecule has 1 saturated heterocycles. The van der Waals surface area contributed by atoms with Crippen molar-refractivity contribution in [3.05, 3.63) is 34.3 Å². The first-order chi connectivity index (χ1) is 7.00. The van der Waals surface area contributed by atoms with E-state index in [1.165, 1.54) is 0 Å². The van der Waals surface area contributed by atoms with Crippen LogP contribution in [-0.4, -0.2) is 11.6 Å². The average molecular weight is 270 g/mol. The van der Waals surface area contributed by atoms with Crippen LogP contribution in [0.5, 0.6) is 0 Å². The standard InChI is InChI=1S/C11H12BrNO2/c1-11(2)9(15-10(14)13-11)7-5-3-4-6-8(7)12/h3-6,9H,1-2H3,(H,13,14). The van der Waals surface area contributed by atoms with E-state index in [0.29, 0.717) is 0 Å². The molecule has 0 radical (unpaired) electrons. The van der Waals surface area contributed by atoms with Crippen molar-refractivity contribution in [3.8, 4) is 0 Å². The number of hydrogen-bond acceptors (Lipinski definition) is 2. The van der Waals surface area contributed by atoms with Crippen LogP contribution in [0.3, 0.4) is 0 Å². The maximum absolute atomic E-state index is 11.2. The highest BCUT2D eigenvalue weighted by Gasteiger charge is 2.42. The molecule has 0 bridgehead atoms. The lowest BCUT2D eigenvalue weighted by Crippen LogP contribution is -2.38. The summed E-state index contributed by atoms with van der Waals surface area (Å²) in [5.74, 6) is 0. The van der Waals surface area contributed by atoms with E-state index >= 15 is 0 Å². The fraction of sp³-hybridized carbons (Fsp3) is 0.364. The number of carbonyl (C=O) groups is 1. The van der Waals surface area contributed by atoms with Crippen LogP contribution in [-0.2, 0) is 4.74 Å². The first kappa shape index (κ1) is 10.5. The summed E-state index contributed by atoms with van der Waals surface area (Å²) < 4.78 is 6.22. The van der Waals surface area contributed by atoms with E-state index in [0.717, 1.165) is 10.0 Å². The number of carbonyl (C=O) groups excluding carboxylic acids is 1. The van der Waals surface area contributed by atoms with Crippen molar-refractivity contribution in [1.29, 1.82) is 0 Å². The Morgan fingerprint density at radius 3 is 2.60 bits per heavy atom. The summed E-state index contributed by atoms with van der Waals surface area (Å²) in [5.41, 5.74) is 0.613. The first-order valence-electron chi connectivity index (χ1n) is 4.74. The molecule has 1 fully saturated rings. The lowest BCUT2D eigenvalue weighted by Gasteiger charge is -2.24. The van der Waals surface area contributed by atoms with Gasteiger partial charge in [-0.2, -0.15) is 0 Å². The van der Waals surface area contributed by atoms with Crippen molar-refractivity contribution >= 4 is 22.0 Å². The molecule has 1 amide bonds. The van der Waals surface area contributed by atoms with E-state index in [9.17, 15) is 4.79 Å². The van der Waals surface area contributed by atoms with Crippen LogP contribution >= 0.6 is 15.9 Å². The summed E-state index contributed by atoms with van der Waals surface area (Å²) in [4.78, 5) is 11.2. The molecule has 3 nitrogen and oxygen atoms in total. The number of amides is 1. The van der Waals surface area contributed by atoms with Crippen LogP contribution in [0.1, 0.15) is 25.5 Å². The number of cyclic esters (lactones) is 1. The molecular weight excluding hydrogens is 258 g/mol. The quantitative estimate of drug-likeness (QED) is 0.851. The Morgan fingerprint density at radius 1 is 1.40 bits per heavy atom. The van der Waals surface area contributed by atoms with Crippen LogP contribution in [0.4, 0.5) is 4.79 Å². The largest absolute Gasteiger partial charge is 0.439 e. The minimum absolute atomic E-state index is 0.249. The molecule has 2 rings (SSSR count). The molecule has 1 N–H and O–H groups in total. The van der Waals surface area contributed by atoms with Crippen molar-refractivity contribution in [2.75, 3.05) is 0 Å². The van der Waals surface area contributed by atoms with Gasteiger partial charge >= 0.3 is 6.09 Å². The maximum Gasteiger partial charge on any atom is 0.408 e. The van der Waals surface area contributed by atoms with E-state index in [1.807, 2.05) is 38.1 Å². The molecule has 1 aromatic carbocycles. The Morgan fingerprint density at radius 2 is 2.07 bits per heavy atom. The van der Waals surface area contributed by atoms with Crippen LogP contribution in [0, 0.1) is 0 Å². The second-order valence-electron chi connectivity index (χ2n) is 4.15. The minimum atomic E-state index is -0.374. The third kappa shape index (κ3) is 1.86. The Bertz CT molecular complexity index is 403. The molecule has 1 atom stereocenters. The fourth-order valence-electron chi connectivity index (χ4n) is 1.75. The van der Waals surface area contributed by atoms with Crippen molar-refractivity contribution in [1.82, 2.24) is 5.32 Å². The second-order valence-corrected chi connectivity index (χ2v) is 5.01. The second kappa shape index (κ2) is 3.52. The number of hydrogen-bond donors (Lipinski definition) is 1. The molecule has 15 heavy (non-hydrogen) atoms. The SMILES string of the molecule is CC1(C)NC(=O)OC1c1ccccc1Br. The molecule has 1 aliphatic rings. The van der Waals surface area contributed by atoms with E-state index in [4.69, 9.17) is 4.74 Å². The van der Waals surface area contributed by atoms with Gasteiger partial charge in [0.15, 0.2) is 6.10 Å². The Hall–Kier alpha value is -1.03. The molecule has 80 valence electrons. The zero-order chi connectivity index (χ0) is 11.1. The minimum Gasteiger partial charge on any atom is -0.439 e. The van der Waals surface area contributed by atoms with Gasteiger partial charge in [-0.1, -0.05) is 34.1 Å².